The molecule has 0 aromatic carbocycles. The molecule has 2 aliphatic rings. The molecular formula is C15H29NO11. The minimum absolute atomic E-state index is 0.168. The van der Waals surface area contributed by atoms with E-state index in [0.29, 0.717) is 13.0 Å². The second-order valence-corrected chi connectivity index (χ2v) is 6.52. The van der Waals surface area contributed by atoms with Crippen LogP contribution in [-0.4, -0.2) is 124 Å². The van der Waals surface area contributed by atoms with Crippen LogP contribution in [0.25, 0.3) is 0 Å². The van der Waals surface area contributed by atoms with Crippen molar-refractivity contribution in [1.29, 1.82) is 0 Å². The highest BCUT2D eigenvalue weighted by Crippen LogP contribution is 2.29. The molecule has 10 atom stereocenters. The van der Waals surface area contributed by atoms with E-state index in [1.165, 1.54) is 0 Å². The summed E-state index contributed by atoms with van der Waals surface area (Å²) in [5.41, 5.74) is 5.36. The summed E-state index contributed by atoms with van der Waals surface area (Å²) >= 11 is 0. The molecule has 2 saturated heterocycles. The highest BCUT2D eigenvalue weighted by atomic mass is 16.7. The molecule has 0 aromatic rings. The van der Waals surface area contributed by atoms with Gasteiger partial charge in [0, 0.05) is 0 Å². The number of aliphatic hydroxyl groups is 7. The third-order valence-electron chi connectivity index (χ3n) is 4.59. The molecule has 0 aliphatic carbocycles. The molecule has 2 rings (SSSR count). The van der Waals surface area contributed by atoms with Gasteiger partial charge >= 0.3 is 0 Å². The van der Waals surface area contributed by atoms with Crippen LogP contribution in [0.4, 0.5) is 0 Å². The van der Waals surface area contributed by atoms with Crippen molar-refractivity contribution >= 4 is 0 Å². The van der Waals surface area contributed by atoms with Crippen molar-refractivity contribution in [3.8, 4) is 0 Å². The van der Waals surface area contributed by atoms with Crippen LogP contribution in [0.1, 0.15) is 6.42 Å². The standard InChI is InChI=1S/C15H29NO11/c16-2-1-3-24-14-12(23)10(21)13(7(5-18)26-14)27-15-11(22)9(20)8(19)6(4-17)25-15/h6-15,17-23H,1-5,16H2. The van der Waals surface area contributed by atoms with Crippen molar-refractivity contribution in [2.75, 3.05) is 26.4 Å². The minimum Gasteiger partial charge on any atom is -0.394 e. The van der Waals surface area contributed by atoms with Crippen LogP contribution < -0.4 is 5.73 Å². The largest absolute Gasteiger partial charge is 0.394 e. The van der Waals surface area contributed by atoms with Crippen LogP contribution in [0.5, 0.6) is 0 Å². The van der Waals surface area contributed by atoms with E-state index in [1.807, 2.05) is 0 Å². The van der Waals surface area contributed by atoms with Crippen LogP contribution in [0.15, 0.2) is 0 Å². The van der Waals surface area contributed by atoms with Gasteiger partial charge in [0.25, 0.3) is 0 Å². The topological polar surface area (TPSA) is 205 Å². The Bertz CT molecular complexity index is 440. The van der Waals surface area contributed by atoms with Crippen molar-refractivity contribution < 1.29 is 54.7 Å². The molecule has 2 heterocycles. The van der Waals surface area contributed by atoms with Crippen LogP contribution >= 0.6 is 0 Å². The summed E-state index contributed by atoms with van der Waals surface area (Å²) in [4.78, 5) is 0. The summed E-state index contributed by atoms with van der Waals surface area (Å²) < 4.78 is 21.3. The molecule has 0 radical (unpaired) electrons. The van der Waals surface area contributed by atoms with Gasteiger partial charge in [-0.05, 0) is 13.0 Å². The minimum atomic E-state index is -1.70. The molecule has 12 nitrogen and oxygen atoms in total. The maximum absolute atomic E-state index is 10.4. The fourth-order valence-electron chi connectivity index (χ4n) is 2.98. The van der Waals surface area contributed by atoms with Gasteiger partial charge in [-0.25, -0.2) is 0 Å². The molecule has 160 valence electrons. The van der Waals surface area contributed by atoms with E-state index in [9.17, 15) is 35.7 Å². The van der Waals surface area contributed by atoms with E-state index in [4.69, 9.17) is 24.7 Å². The first-order valence-corrected chi connectivity index (χ1v) is 8.75. The van der Waals surface area contributed by atoms with E-state index in [2.05, 4.69) is 0 Å². The summed E-state index contributed by atoms with van der Waals surface area (Å²) in [6.07, 6.45) is -14.0. The predicted molar refractivity (Wildman–Crippen MR) is 86.0 cm³/mol. The zero-order valence-electron chi connectivity index (χ0n) is 14.6. The summed E-state index contributed by atoms with van der Waals surface area (Å²) in [6.45, 7) is -0.737. The molecule has 0 saturated carbocycles. The lowest BCUT2D eigenvalue weighted by atomic mass is 9.97. The lowest BCUT2D eigenvalue weighted by Gasteiger charge is -2.45. The Morgan fingerprint density at radius 3 is 1.93 bits per heavy atom. The van der Waals surface area contributed by atoms with Crippen LogP contribution in [-0.2, 0) is 18.9 Å². The molecule has 12 heteroatoms. The normalized spacial score (nSPS) is 45.8. The molecule has 0 amide bonds. The lowest BCUT2D eigenvalue weighted by Crippen LogP contribution is -2.64. The Hall–Kier alpha value is -0.480. The zero-order valence-corrected chi connectivity index (χ0v) is 14.6. The van der Waals surface area contributed by atoms with E-state index in [1.54, 1.807) is 0 Å². The van der Waals surface area contributed by atoms with Crippen molar-refractivity contribution in [2.45, 2.75) is 67.8 Å². The van der Waals surface area contributed by atoms with Crippen LogP contribution in [0.2, 0.25) is 0 Å². The Morgan fingerprint density at radius 2 is 1.33 bits per heavy atom. The monoisotopic (exact) mass is 399 g/mol. The number of rotatable bonds is 8. The molecule has 9 N–H and O–H groups in total. The summed E-state index contributed by atoms with van der Waals surface area (Å²) in [6, 6.07) is 0. The van der Waals surface area contributed by atoms with Gasteiger partial charge < -0.3 is 60.4 Å². The molecule has 10 unspecified atom stereocenters. The highest BCUT2D eigenvalue weighted by Gasteiger charge is 2.50. The molecular weight excluding hydrogens is 370 g/mol. The van der Waals surface area contributed by atoms with Gasteiger partial charge in [-0.15, -0.1) is 0 Å². The number of hydrogen-bond donors (Lipinski definition) is 8. The first-order valence-electron chi connectivity index (χ1n) is 8.75. The van der Waals surface area contributed by atoms with Crippen molar-refractivity contribution in [3.05, 3.63) is 0 Å². The van der Waals surface area contributed by atoms with Crippen molar-refractivity contribution in [3.63, 3.8) is 0 Å². The summed E-state index contributed by atoms with van der Waals surface area (Å²) in [7, 11) is 0. The van der Waals surface area contributed by atoms with Gasteiger partial charge in [0.2, 0.25) is 0 Å². The quantitative estimate of drug-likeness (QED) is 0.181. The van der Waals surface area contributed by atoms with Gasteiger partial charge in [-0.1, -0.05) is 0 Å². The molecule has 2 aliphatic heterocycles. The van der Waals surface area contributed by atoms with Crippen molar-refractivity contribution in [2.24, 2.45) is 5.73 Å². The van der Waals surface area contributed by atoms with Gasteiger partial charge in [-0.2, -0.15) is 0 Å². The fraction of sp³-hybridized carbons (Fsp3) is 1.00. The van der Waals surface area contributed by atoms with Gasteiger partial charge in [0.05, 0.1) is 19.8 Å². The van der Waals surface area contributed by atoms with Crippen LogP contribution in [0.3, 0.4) is 0 Å². The first kappa shape index (κ1) is 22.8. The molecule has 0 bridgehead atoms. The Kier molecular flexibility index (Phi) is 8.73. The maximum Gasteiger partial charge on any atom is 0.187 e. The molecule has 0 aromatic heterocycles. The van der Waals surface area contributed by atoms with Gasteiger partial charge in [0.15, 0.2) is 12.6 Å². The molecule has 0 spiro atoms. The van der Waals surface area contributed by atoms with E-state index < -0.39 is 74.6 Å². The predicted octanol–water partition coefficient (Wildman–Crippen LogP) is -5.02. The molecule has 2 fully saturated rings. The average molecular weight is 399 g/mol. The highest BCUT2D eigenvalue weighted by molar-refractivity contribution is 4.94. The van der Waals surface area contributed by atoms with E-state index >= 15 is 0 Å². The maximum atomic E-state index is 10.4. The lowest BCUT2D eigenvalue weighted by molar-refractivity contribution is -0.359. The Balaban J connectivity index is 2.06. The Morgan fingerprint density at radius 1 is 0.741 bits per heavy atom. The van der Waals surface area contributed by atoms with Gasteiger partial charge in [0.1, 0.15) is 48.8 Å². The average Bonchev–Trinajstić information content (AvgIpc) is 2.67. The second kappa shape index (κ2) is 10.3. The fourth-order valence-corrected chi connectivity index (χ4v) is 2.98. The summed E-state index contributed by atoms with van der Waals surface area (Å²) in [5.74, 6) is 0. The van der Waals surface area contributed by atoms with E-state index in [0.717, 1.165) is 0 Å². The van der Waals surface area contributed by atoms with Crippen molar-refractivity contribution in [1.82, 2.24) is 0 Å². The number of ether oxygens (including phenoxy) is 4. The second-order valence-electron chi connectivity index (χ2n) is 6.52. The van der Waals surface area contributed by atoms with Gasteiger partial charge in [-0.3, -0.25) is 0 Å². The molecule has 27 heavy (non-hydrogen) atoms. The third kappa shape index (κ3) is 5.12. The third-order valence-corrected chi connectivity index (χ3v) is 4.59. The number of aliphatic hydroxyl groups excluding tert-OH is 7. The number of nitrogens with two attached hydrogens (primary N) is 1. The van der Waals surface area contributed by atoms with Crippen LogP contribution in [0, 0.1) is 0 Å². The summed E-state index contributed by atoms with van der Waals surface area (Å²) in [5, 5.41) is 68.9. The SMILES string of the molecule is NCCCOC1OC(CO)C(OC2OC(CO)C(O)C(O)C2O)C(O)C1O. The first-order chi connectivity index (χ1) is 12.8. The number of hydrogen-bond acceptors (Lipinski definition) is 12. The van der Waals surface area contributed by atoms with E-state index in [-0.39, 0.29) is 6.61 Å². The smallest absolute Gasteiger partial charge is 0.187 e. The zero-order chi connectivity index (χ0) is 20.1. The Labute approximate surface area is 155 Å².